The van der Waals surface area contributed by atoms with Gasteiger partial charge in [0, 0.05) is 12.6 Å². The minimum Gasteiger partial charge on any atom is -0.466 e. The van der Waals surface area contributed by atoms with Gasteiger partial charge in [-0.2, -0.15) is 0 Å². The molecule has 0 saturated heterocycles. The molecule has 4 heteroatoms. The standard InChI is InChI=1S/C10H17BrN2O/c1-7(2)13(3)9(6-12)10-8(11)4-5-14-10/h4-5,7,9H,6,12H2,1-3H3. The van der Waals surface area contributed by atoms with Crippen molar-refractivity contribution in [3.63, 3.8) is 0 Å². The van der Waals surface area contributed by atoms with E-state index in [2.05, 4.69) is 41.7 Å². The summed E-state index contributed by atoms with van der Waals surface area (Å²) in [5, 5.41) is 0. The van der Waals surface area contributed by atoms with Crippen LogP contribution in [0.1, 0.15) is 25.6 Å². The van der Waals surface area contributed by atoms with E-state index in [-0.39, 0.29) is 6.04 Å². The average Bonchev–Trinajstić information content (AvgIpc) is 2.53. The molecule has 0 spiro atoms. The van der Waals surface area contributed by atoms with Gasteiger partial charge in [-0.1, -0.05) is 0 Å². The first kappa shape index (κ1) is 11.8. The third kappa shape index (κ3) is 2.38. The summed E-state index contributed by atoms with van der Waals surface area (Å²) in [6.45, 7) is 4.83. The number of hydrogen-bond acceptors (Lipinski definition) is 3. The summed E-state index contributed by atoms with van der Waals surface area (Å²) in [6, 6.07) is 2.48. The van der Waals surface area contributed by atoms with Crippen molar-refractivity contribution >= 4 is 15.9 Å². The van der Waals surface area contributed by atoms with Crippen molar-refractivity contribution in [1.82, 2.24) is 4.90 Å². The van der Waals surface area contributed by atoms with Crippen LogP contribution in [0.5, 0.6) is 0 Å². The molecule has 1 aromatic heterocycles. The number of furan rings is 1. The third-order valence-corrected chi connectivity index (χ3v) is 3.13. The molecular weight excluding hydrogens is 244 g/mol. The molecule has 1 heterocycles. The fourth-order valence-electron chi connectivity index (χ4n) is 1.36. The highest BCUT2D eigenvalue weighted by Crippen LogP contribution is 2.28. The molecule has 1 aromatic rings. The Balaban J connectivity index is 2.87. The Bertz CT molecular complexity index is 285. The molecule has 2 N–H and O–H groups in total. The first-order chi connectivity index (χ1) is 6.57. The number of likely N-dealkylation sites (N-methyl/N-ethyl adjacent to an activating group) is 1. The van der Waals surface area contributed by atoms with Gasteiger partial charge in [0.25, 0.3) is 0 Å². The van der Waals surface area contributed by atoms with E-state index in [9.17, 15) is 0 Å². The van der Waals surface area contributed by atoms with Crippen LogP contribution in [0.25, 0.3) is 0 Å². The third-order valence-electron chi connectivity index (χ3n) is 2.48. The van der Waals surface area contributed by atoms with E-state index >= 15 is 0 Å². The van der Waals surface area contributed by atoms with Crippen molar-refractivity contribution in [2.24, 2.45) is 5.73 Å². The molecule has 0 amide bonds. The molecule has 0 aromatic carbocycles. The van der Waals surface area contributed by atoms with Gasteiger partial charge in [-0.3, -0.25) is 4.90 Å². The normalized spacial score (nSPS) is 13.9. The fraction of sp³-hybridized carbons (Fsp3) is 0.600. The maximum absolute atomic E-state index is 5.75. The van der Waals surface area contributed by atoms with E-state index in [1.54, 1.807) is 6.26 Å². The second-order valence-corrected chi connectivity index (χ2v) is 4.50. The molecule has 0 aliphatic heterocycles. The van der Waals surface area contributed by atoms with Gasteiger partial charge in [-0.05, 0) is 42.9 Å². The summed E-state index contributed by atoms with van der Waals surface area (Å²) in [5.74, 6) is 0.906. The lowest BCUT2D eigenvalue weighted by Crippen LogP contribution is -2.35. The lowest BCUT2D eigenvalue weighted by Gasteiger charge is -2.29. The minimum atomic E-state index is 0.138. The average molecular weight is 261 g/mol. The van der Waals surface area contributed by atoms with Gasteiger partial charge in [0.2, 0.25) is 0 Å². The summed E-state index contributed by atoms with van der Waals surface area (Å²) in [4.78, 5) is 2.20. The summed E-state index contributed by atoms with van der Waals surface area (Å²) in [6.07, 6.45) is 1.68. The van der Waals surface area contributed by atoms with Gasteiger partial charge in [-0.15, -0.1) is 0 Å². The summed E-state index contributed by atoms with van der Waals surface area (Å²) >= 11 is 3.45. The van der Waals surface area contributed by atoms with Crippen LogP contribution in [-0.2, 0) is 0 Å². The summed E-state index contributed by atoms with van der Waals surface area (Å²) in [7, 11) is 2.05. The van der Waals surface area contributed by atoms with Gasteiger partial charge in [0.05, 0.1) is 16.8 Å². The zero-order valence-electron chi connectivity index (χ0n) is 8.83. The number of nitrogens with two attached hydrogens (primary N) is 1. The lowest BCUT2D eigenvalue weighted by molar-refractivity contribution is 0.178. The molecule has 0 bridgehead atoms. The molecule has 0 fully saturated rings. The first-order valence-electron chi connectivity index (χ1n) is 4.72. The van der Waals surface area contributed by atoms with Crippen LogP contribution in [0.3, 0.4) is 0 Å². The van der Waals surface area contributed by atoms with Crippen LogP contribution >= 0.6 is 15.9 Å². The predicted molar refractivity (Wildman–Crippen MR) is 61.1 cm³/mol. The molecule has 0 aliphatic rings. The molecule has 0 aliphatic carbocycles. The van der Waals surface area contributed by atoms with E-state index in [0.29, 0.717) is 12.6 Å². The Morgan fingerprint density at radius 3 is 2.57 bits per heavy atom. The topological polar surface area (TPSA) is 42.4 Å². The van der Waals surface area contributed by atoms with Crippen molar-refractivity contribution in [3.05, 3.63) is 22.6 Å². The van der Waals surface area contributed by atoms with Crippen molar-refractivity contribution in [1.29, 1.82) is 0 Å². The Labute approximate surface area is 93.4 Å². The van der Waals surface area contributed by atoms with Gasteiger partial charge in [0.15, 0.2) is 0 Å². The monoisotopic (exact) mass is 260 g/mol. The predicted octanol–water partition coefficient (Wildman–Crippen LogP) is 2.38. The van der Waals surface area contributed by atoms with Crippen LogP contribution in [0.15, 0.2) is 21.2 Å². The number of nitrogens with zero attached hydrogens (tertiary/aromatic N) is 1. The Kier molecular flexibility index (Phi) is 4.16. The summed E-state index contributed by atoms with van der Waals surface area (Å²) < 4.78 is 6.41. The quantitative estimate of drug-likeness (QED) is 0.904. The highest BCUT2D eigenvalue weighted by Gasteiger charge is 2.22. The van der Waals surface area contributed by atoms with Gasteiger partial charge < -0.3 is 10.2 Å². The molecule has 1 unspecified atom stereocenters. The minimum absolute atomic E-state index is 0.138. The van der Waals surface area contributed by atoms with Crippen LogP contribution < -0.4 is 5.73 Å². The second kappa shape index (κ2) is 4.96. The van der Waals surface area contributed by atoms with Crippen LogP contribution in [-0.4, -0.2) is 24.5 Å². The molecule has 0 radical (unpaired) electrons. The zero-order valence-corrected chi connectivity index (χ0v) is 10.4. The number of rotatable bonds is 4. The van der Waals surface area contributed by atoms with Crippen molar-refractivity contribution < 1.29 is 4.42 Å². The van der Waals surface area contributed by atoms with Crippen molar-refractivity contribution in [3.8, 4) is 0 Å². The molecule has 80 valence electrons. The molecular formula is C10H17BrN2O. The highest BCUT2D eigenvalue weighted by atomic mass is 79.9. The fourth-order valence-corrected chi connectivity index (χ4v) is 1.83. The Morgan fingerprint density at radius 2 is 2.21 bits per heavy atom. The molecule has 0 saturated carbocycles. The molecule has 3 nitrogen and oxygen atoms in total. The smallest absolute Gasteiger partial charge is 0.136 e. The van der Waals surface area contributed by atoms with Crippen molar-refractivity contribution in [2.75, 3.05) is 13.6 Å². The number of hydrogen-bond donors (Lipinski definition) is 1. The van der Waals surface area contributed by atoms with Crippen LogP contribution in [0.4, 0.5) is 0 Å². The van der Waals surface area contributed by atoms with Crippen molar-refractivity contribution in [2.45, 2.75) is 25.9 Å². The molecule has 1 atom stereocenters. The van der Waals surface area contributed by atoms with Crippen LogP contribution in [0.2, 0.25) is 0 Å². The van der Waals surface area contributed by atoms with Gasteiger partial charge in [0.1, 0.15) is 5.76 Å². The largest absolute Gasteiger partial charge is 0.466 e. The van der Waals surface area contributed by atoms with E-state index in [0.717, 1.165) is 10.2 Å². The van der Waals surface area contributed by atoms with E-state index in [1.165, 1.54) is 0 Å². The Morgan fingerprint density at radius 1 is 1.57 bits per heavy atom. The second-order valence-electron chi connectivity index (χ2n) is 3.64. The van der Waals surface area contributed by atoms with E-state index in [4.69, 9.17) is 10.2 Å². The summed E-state index contributed by atoms with van der Waals surface area (Å²) in [5.41, 5.74) is 5.75. The van der Waals surface area contributed by atoms with Gasteiger partial charge >= 0.3 is 0 Å². The zero-order chi connectivity index (χ0) is 10.7. The van der Waals surface area contributed by atoms with Gasteiger partial charge in [-0.25, -0.2) is 0 Å². The first-order valence-corrected chi connectivity index (χ1v) is 5.52. The van der Waals surface area contributed by atoms with Crippen LogP contribution in [0, 0.1) is 0 Å². The molecule has 14 heavy (non-hydrogen) atoms. The maximum Gasteiger partial charge on any atom is 0.136 e. The number of halogens is 1. The Hall–Kier alpha value is -0.320. The lowest BCUT2D eigenvalue weighted by atomic mass is 10.1. The SMILES string of the molecule is CC(C)N(C)C(CN)c1occc1Br. The van der Waals surface area contributed by atoms with E-state index in [1.807, 2.05) is 6.07 Å². The maximum atomic E-state index is 5.75. The molecule has 1 rings (SSSR count). The van der Waals surface area contributed by atoms with E-state index < -0.39 is 0 Å². The highest BCUT2D eigenvalue weighted by molar-refractivity contribution is 9.10.